The van der Waals surface area contributed by atoms with Crippen LogP contribution in [0.3, 0.4) is 0 Å². The van der Waals surface area contributed by atoms with Gasteiger partial charge in [0.25, 0.3) is 0 Å². The van der Waals surface area contributed by atoms with E-state index in [-0.39, 0.29) is 3.57 Å². The van der Waals surface area contributed by atoms with Crippen LogP contribution in [0.4, 0.5) is 10.1 Å². The molecule has 0 atom stereocenters. The van der Waals surface area contributed by atoms with Crippen molar-refractivity contribution in [3.8, 4) is 0 Å². The van der Waals surface area contributed by atoms with Crippen molar-refractivity contribution in [2.45, 2.75) is 0 Å². The Hall–Kier alpha value is -0.240. The molecule has 0 aliphatic heterocycles. The summed E-state index contributed by atoms with van der Waals surface area (Å²) >= 11 is 4.79. The van der Waals surface area contributed by atoms with Gasteiger partial charge in [-0.05, 0) is 50.7 Å². The fourth-order valence-electron chi connectivity index (χ4n) is 0.684. The van der Waals surface area contributed by atoms with E-state index in [0.29, 0.717) is 4.47 Å². The molecule has 0 aliphatic carbocycles. The minimum absolute atomic E-state index is 0.276. The van der Waals surface area contributed by atoms with Crippen LogP contribution in [0.5, 0.6) is 0 Å². The van der Waals surface area contributed by atoms with Gasteiger partial charge in [0.05, 0.1) is 4.92 Å². The molecule has 1 aromatic rings. The number of nitro benzene ring substituents is 1. The number of hydrogen-bond acceptors (Lipinski definition) is 2. The summed E-state index contributed by atoms with van der Waals surface area (Å²) in [4.78, 5) is 9.60. The van der Waals surface area contributed by atoms with Crippen LogP contribution in [0.2, 0.25) is 0 Å². The van der Waals surface area contributed by atoms with Crippen LogP contribution < -0.4 is 0 Å². The average Bonchev–Trinajstić information content (AvgIpc) is 1.97. The second-order valence-electron chi connectivity index (χ2n) is 1.95. The molecule has 0 bridgehead atoms. The van der Waals surface area contributed by atoms with Crippen LogP contribution in [0, 0.1) is 19.5 Å². The van der Waals surface area contributed by atoms with Crippen molar-refractivity contribution in [2.24, 2.45) is 0 Å². The summed E-state index contributed by atoms with van der Waals surface area (Å²) in [6, 6.07) is 2.49. The van der Waals surface area contributed by atoms with Crippen LogP contribution >= 0.6 is 38.5 Å². The van der Waals surface area contributed by atoms with Gasteiger partial charge in [-0.3, -0.25) is 10.1 Å². The monoisotopic (exact) mass is 345 g/mol. The smallest absolute Gasteiger partial charge is 0.258 e. The first-order valence-electron chi connectivity index (χ1n) is 2.82. The molecule has 3 nitrogen and oxygen atoms in total. The Kier molecular flexibility index (Phi) is 2.99. The molecule has 0 fully saturated rings. The molecule has 0 saturated heterocycles. The number of rotatable bonds is 1. The average molecular weight is 346 g/mol. The molecule has 6 heteroatoms. The quantitative estimate of drug-likeness (QED) is 0.340. The molecular weight excluding hydrogens is 344 g/mol. The minimum atomic E-state index is -0.812. The molecule has 0 N–H and O–H groups in total. The van der Waals surface area contributed by atoms with E-state index in [4.69, 9.17) is 0 Å². The summed E-state index contributed by atoms with van der Waals surface area (Å²) in [6.07, 6.45) is 0. The van der Waals surface area contributed by atoms with Gasteiger partial charge in [0, 0.05) is 4.47 Å². The van der Waals surface area contributed by atoms with Gasteiger partial charge in [-0.25, -0.2) is 0 Å². The molecule has 0 saturated carbocycles. The molecule has 0 aliphatic rings. The maximum absolute atomic E-state index is 12.8. The molecule has 0 spiro atoms. The lowest BCUT2D eigenvalue weighted by molar-refractivity contribution is -0.388. The molecule has 12 heavy (non-hydrogen) atoms. The van der Waals surface area contributed by atoms with Gasteiger partial charge in [0.1, 0.15) is 3.57 Å². The lowest BCUT2D eigenvalue weighted by Crippen LogP contribution is -1.95. The zero-order valence-corrected chi connectivity index (χ0v) is 9.30. The van der Waals surface area contributed by atoms with Gasteiger partial charge >= 0.3 is 5.69 Å². The Morgan fingerprint density at radius 3 is 2.58 bits per heavy atom. The van der Waals surface area contributed by atoms with Gasteiger partial charge in [0.15, 0.2) is 0 Å². The fraction of sp³-hybridized carbons (Fsp3) is 0. The normalized spacial score (nSPS) is 9.92. The van der Waals surface area contributed by atoms with Crippen LogP contribution in [0.25, 0.3) is 0 Å². The van der Waals surface area contributed by atoms with Crippen molar-refractivity contribution in [3.63, 3.8) is 0 Å². The maximum Gasteiger partial charge on any atom is 0.319 e. The summed E-state index contributed by atoms with van der Waals surface area (Å²) < 4.78 is 13.6. The maximum atomic E-state index is 12.8. The van der Waals surface area contributed by atoms with Crippen LogP contribution in [-0.2, 0) is 0 Å². The first-order chi connectivity index (χ1) is 5.54. The van der Waals surface area contributed by atoms with E-state index < -0.39 is 16.4 Å². The molecular formula is C6H2BrFINO2. The van der Waals surface area contributed by atoms with E-state index in [1.165, 1.54) is 6.07 Å². The van der Waals surface area contributed by atoms with E-state index in [0.717, 1.165) is 6.07 Å². The second kappa shape index (κ2) is 3.65. The Balaban J connectivity index is 3.43. The SMILES string of the molecule is O=[N+]([O-])c1c(F)ccc(Br)c1I. The van der Waals surface area contributed by atoms with Crippen molar-refractivity contribution >= 4 is 44.2 Å². The summed E-state index contributed by atoms with van der Waals surface area (Å²) in [6.45, 7) is 0. The van der Waals surface area contributed by atoms with Crippen molar-refractivity contribution in [1.82, 2.24) is 0 Å². The molecule has 1 aromatic carbocycles. The predicted molar refractivity (Wildman–Crippen MR) is 53.5 cm³/mol. The van der Waals surface area contributed by atoms with Gasteiger partial charge in [-0.1, -0.05) is 0 Å². The van der Waals surface area contributed by atoms with Crippen molar-refractivity contribution in [3.05, 3.63) is 36.1 Å². The minimum Gasteiger partial charge on any atom is -0.258 e. The summed E-state index contributed by atoms with van der Waals surface area (Å²) in [5.74, 6) is -0.812. The van der Waals surface area contributed by atoms with Gasteiger partial charge in [-0.15, -0.1) is 0 Å². The first-order valence-corrected chi connectivity index (χ1v) is 4.69. The van der Waals surface area contributed by atoms with E-state index >= 15 is 0 Å². The zero-order chi connectivity index (χ0) is 9.30. The summed E-state index contributed by atoms with van der Waals surface area (Å²) in [5, 5.41) is 10.3. The lowest BCUT2D eigenvalue weighted by Gasteiger charge is -1.98. The Morgan fingerprint density at radius 1 is 1.58 bits per heavy atom. The third-order valence-corrected chi connectivity index (χ3v) is 3.70. The van der Waals surface area contributed by atoms with E-state index in [1.54, 1.807) is 22.6 Å². The number of benzene rings is 1. The van der Waals surface area contributed by atoms with E-state index in [9.17, 15) is 14.5 Å². The fourth-order valence-corrected chi connectivity index (χ4v) is 1.64. The predicted octanol–water partition coefficient (Wildman–Crippen LogP) is 3.10. The number of hydrogen-bond donors (Lipinski definition) is 0. The first kappa shape index (κ1) is 9.85. The highest BCUT2D eigenvalue weighted by Gasteiger charge is 2.20. The Morgan fingerprint density at radius 2 is 2.17 bits per heavy atom. The van der Waals surface area contributed by atoms with Crippen molar-refractivity contribution in [2.75, 3.05) is 0 Å². The Bertz CT molecular complexity index is 345. The standard InChI is InChI=1S/C6H2BrFINO2/c7-3-1-2-4(8)6(5(3)9)10(11)12/h1-2H. The number of halogens is 3. The molecule has 0 heterocycles. The van der Waals surface area contributed by atoms with Crippen LogP contribution in [0.1, 0.15) is 0 Å². The molecule has 1 rings (SSSR count). The molecule has 64 valence electrons. The van der Waals surface area contributed by atoms with E-state index in [2.05, 4.69) is 15.9 Å². The lowest BCUT2D eigenvalue weighted by atomic mass is 10.3. The number of nitrogens with zero attached hydrogens (tertiary/aromatic N) is 1. The number of nitro groups is 1. The van der Waals surface area contributed by atoms with Gasteiger partial charge < -0.3 is 0 Å². The highest BCUT2D eigenvalue weighted by Crippen LogP contribution is 2.30. The molecule has 0 radical (unpaired) electrons. The summed E-state index contributed by atoms with van der Waals surface area (Å²) in [7, 11) is 0. The van der Waals surface area contributed by atoms with Crippen LogP contribution in [-0.4, -0.2) is 4.92 Å². The van der Waals surface area contributed by atoms with Gasteiger partial charge in [0.2, 0.25) is 5.82 Å². The highest BCUT2D eigenvalue weighted by atomic mass is 127. The van der Waals surface area contributed by atoms with Crippen LogP contribution in [0.15, 0.2) is 16.6 Å². The van der Waals surface area contributed by atoms with Crippen molar-refractivity contribution in [1.29, 1.82) is 0 Å². The topological polar surface area (TPSA) is 43.1 Å². The largest absolute Gasteiger partial charge is 0.319 e. The molecule has 0 amide bonds. The third-order valence-electron chi connectivity index (χ3n) is 1.20. The Labute approximate surface area is 89.4 Å². The van der Waals surface area contributed by atoms with Gasteiger partial charge in [-0.2, -0.15) is 4.39 Å². The zero-order valence-electron chi connectivity index (χ0n) is 5.55. The third kappa shape index (κ3) is 1.74. The van der Waals surface area contributed by atoms with E-state index in [1.807, 2.05) is 0 Å². The molecule has 0 unspecified atom stereocenters. The van der Waals surface area contributed by atoms with Crippen molar-refractivity contribution < 1.29 is 9.31 Å². The second-order valence-corrected chi connectivity index (χ2v) is 3.88. The highest BCUT2D eigenvalue weighted by molar-refractivity contribution is 14.1. The molecule has 0 aromatic heterocycles. The summed E-state index contributed by atoms with van der Waals surface area (Å²) in [5.41, 5.74) is -0.482.